The molecule has 1 aliphatic heterocycles. The molecule has 1 saturated heterocycles. The lowest BCUT2D eigenvalue weighted by atomic mass is 10.0. The van der Waals surface area contributed by atoms with Crippen LogP contribution >= 0.6 is 23.2 Å². The molecular formula is C12H14Cl2O2. The largest absolute Gasteiger partial charge is 0.343 e. The topological polar surface area (TPSA) is 18.5 Å². The maximum absolute atomic E-state index is 5.87. The van der Waals surface area contributed by atoms with Crippen LogP contribution in [0.3, 0.4) is 0 Å². The van der Waals surface area contributed by atoms with Gasteiger partial charge in [-0.1, -0.05) is 23.7 Å². The van der Waals surface area contributed by atoms with E-state index in [2.05, 4.69) is 0 Å². The highest BCUT2D eigenvalue weighted by Crippen LogP contribution is 2.36. The minimum atomic E-state index is -0.612. The highest BCUT2D eigenvalue weighted by atomic mass is 35.5. The van der Waals surface area contributed by atoms with Crippen molar-refractivity contribution in [3.05, 3.63) is 34.9 Å². The molecule has 4 heteroatoms. The molecule has 88 valence electrons. The summed E-state index contributed by atoms with van der Waals surface area (Å²) < 4.78 is 11.5. The lowest BCUT2D eigenvalue weighted by Gasteiger charge is -2.27. The normalized spacial score (nSPS) is 18.9. The van der Waals surface area contributed by atoms with Gasteiger partial charge in [-0.2, -0.15) is 0 Å². The maximum atomic E-state index is 5.87. The predicted molar refractivity (Wildman–Crippen MR) is 65.0 cm³/mol. The second-order valence-electron chi connectivity index (χ2n) is 3.75. The van der Waals surface area contributed by atoms with Crippen LogP contribution in [0.4, 0.5) is 0 Å². The Morgan fingerprint density at radius 3 is 2.31 bits per heavy atom. The van der Waals surface area contributed by atoms with Gasteiger partial charge in [-0.25, -0.2) is 0 Å². The Morgan fingerprint density at radius 2 is 1.75 bits per heavy atom. The van der Waals surface area contributed by atoms with Crippen LogP contribution in [-0.4, -0.2) is 19.1 Å². The molecule has 1 aromatic rings. The van der Waals surface area contributed by atoms with Crippen molar-refractivity contribution in [1.82, 2.24) is 0 Å². The SMILES string of the molecule is ClCCCC1(c2ccc(Cl)cc2)OCCO1. The smallest absolute Gasteiger partial charge is 0.195 e. The maximum Gasteiger partial charge on any atom is 0.195 e. The van der Waals surface area contributed by atoms with Gasteiger partial charge in [0.15, 0.2) is 5.79 Å². The second kappa shape index (κ2) is 5.37. The summed E-state index contributed by atoms with van der Waals surface area (Å²) in [6.07, 6.45) is 1.64. The molecule has 2 rings (SSSR count). The van der Waals surface area contributed by atoms with Gasteiger partial charge < -0.3 is 9.47 Å². The van der Waals surface area contributed by atoms with Crippen LogP contribution in [0.1, 0.15) is 18.4 Å². The average molecular weight is 261 g/mol. The van der Waals surface area contributed by atoms with Crippen molar-refractivity contribution in [2.75, 3.05) is 19.1 Å². The number of ether oxygens (including phenoxy) is 2. The summed E-state index contributed by atoms with van der Waals surface area (Å²) in [5.74, 6) is 0.00153. The first-order valence-corrected chi connectivity index (χ1v) is 6.28. The highest BCUT2D eigenvalue weighted by Gasteiger charge is 2.37. The quantitative estimate of drug-likeness (QED) is 0.771. The molecule has 0 bridgehead atoms. The summed E-state index contributed by atoms with van der Waals surface area (Å²) in [6, 6.07) is 7.60. The van der Waals surface area contributed by atoms with Gasteiger partial charge in [0, 0.05) is 22.9 Å². The van der Waals surface area contributed by atoms with E-state index in [0.717, 1.165) is 18.4 Å². The molecule has 0 amide bonds. The third-order valence-electron chi connectivity index (χ3n) is 2.68. The van der Waals surface area contributed by atoms with Crippen LogP contribution in [0.25, 0.3) is 0 Å². The van der Waals surface area contributed by atoms with E-state index in [1.54, 1.807) is 0 Å². The van der Waals surface area contributed by atoms with Crippen molar-refractivity contribution in [2.45, 2.75) is 18.6 Å². The van der Waals surface area contributed by atoms with Crippen molar-refractivity contribution < 1.29 is 9.47 Å². The Hall–Kier alpha value is -0.280. The van der Waals surface area contributed by atoms with Gasteiger partial charge in [0.05, 0.1) is 13.2 Å². The number of halogens is 2. The van der Waals surface area contributed by atoms with Crippen LogP contribution in [-0.2, 0) is 15.3 Å². The average Bonchev–Trinajstić information content (AvgIpc) is 2.77. The van der Waals surface area contributed by atoms with E-state index < -0.39 is 5.79 Å². The van der Waals surface area contributed by atoms with Crippen LogP contribution in [0.5, 0.6) is 0 Å². The molecule has 1 heterocycles. The molecule has 16 heavy (non-hydrogen) atoms. The van der Waals surface area contributed by atoms with E-state index in [1.807, 2.05) is 24.3 Å². The van der Waals surface area contributed by atoms with Crippen LogP contribution in [0, 0.1) is 0 Å². The van der Waals surface area contributed by atoms with Crippen LogP contribution in [0.15, 0.2) is 24.3 Å². The first-order valence-electron chi connectivity index (χ1n) is 5.37. The third-order valence-corrected chi connectivity index (χ3v) is 3.20. The lowest BCUT2D eigenvalue weighted by molar-refractivity contribution is -0.170. The Bertz CT molecular complexity index is 331. The van der Waals surface area contributed by atoms with Crippen molar-refractivity contribution >= 4 is 23.2 Å². The zero-order valence-corrected chi connectivity index (χ0v) is 10.4. The van der Waals surface area contributed by atoms with Crippen molar-refractivity contribution in [1.29, 1.82) is 0 Å². The monoisotopic (exact) mass is 260 g/mol. The molecular weight excluding hydrogens is 247 g/mol. The van der Waals surface area contributed by atoms with Crippen molar-refractivity contribution in [3.63, 3.8) is 0 Å². The Balaban J connectivity index is 2.21. The number of rotatable bonds is 4. The molecule has 1 aromatic carbocycles. The molecule has 0 atom stereocenters. The summed E-state index contributed by atoms with van der Waals surface area (Å²) in [5, 5.41) is 0.717. The number of hydrogen-bond acceptors (Lipinski definition) is 2. The first-order chi connectivity index (χ1) is 7.77. The molecule has 0 saturated carbocycles. The summed E-state index contributed by atoms with van der Waals surface area (Å²) in [6.45, 7) is 1.26. The Kier molecular flexibility index (Phi) is 4.09. The van der Waals surface area contributed by atoms with E-state index in [-0.39, 0.29) is 0 Å². The van der Waals surface area contributed by atoms with Gasteiger partial charge in [0.25, 0.3) is 0 Å². The minimum Gasteiger partial charge on any atom is -0.343 e. The fourth-order valence-electron chi connectivity index (χ4n) is 1.91. The molecule has 0 unspecified atom stereocenters. The van der Waals surface area contributed by atoms with E-state index >= 15 is 0 Å². The third kappa shape index (κ3) is 2.51. The Morgan fingerprint density at radius 1 is 1.12 bits per heavy atom. The summed E-state index contributed by atoms with van der Waals surface area (Å²) in [5.41, 5.74) is 1.01. The second-order valence-corrected chi connectivity index (χ2v) is 4.56. The van der Waals surface area contributed by atoms with E-state index in [1.165, 1.54) is 0 Å². The minimum absolute atomic E-state index is 0.612. The number of hydrogen-bond donors (Lipinski definition) is 0. The zero-order chi connectivity index (χ0) is 11.4. The molecule has 2 nitrogen and oxygen atoms in total. The fraction of sp³-hybridized carbons (Fsp3) is 0.500. The van der Waals surface area contributed by atoms with Crippen molar-refractivity contribution in [3.8, 4) is 0 Å². The fourth-order valence-corrected chi connectivity index (χ4v) is 2.17. The van der Waals surface area contributed by atoms with Gasteiger partial charge in [-0.15, -0.1) is 11.6 Å². The molecule has 0 radical (unpaired) electrons. The number of alkyl halides is 1. The summed E-state index contributed by atoms with van der Waals surface area (Å²) in [4.78, 5) is 0. The zero-order valence-electron chi connectivity index (χ0n) is 8.92. The number of benzene rings is 1. The van der Waals surface area contributed by atoms with Gasteiger partial charge in [0.1, 0.15) is 0 Å². The van der Waals surface area contributed by atoms with Gasteiger partial charge in [-0.05, 0) is 18.6 Å². The molecule has 1 fully saturated rings. The molecule has 1 aliphatic rings. The molecule has 0 spiro atoms. The molecule has 0 N–H and O–H groups in total. The molecule has 0 aromatic heterocycles. The van der Waals surface area contributed by atoms with Gasteiger partial charge >= 0.3 is 0 Å². The van der Waals surface area contributed by atoms with Crippen molar-refractivity contribution in [2.24, 2.45) is 0 Å². The van der Waals surface area contributed by atoms with E-state index in [0.29, 0.717) is 24.1 Å². The van der Waals surface area contributed by atoms with E-state index in [9.17, 15) is 0 Å². The first kappa shape index (κ1) is 12.2. The van der Waals surface area contributed by atoms with E-state index in [4.69, 9.17) is 32.7 Å². The summed E-state index contributed by atoms with van der Waals surface area (Å²) >= 11 is 11.6. The highest BCUT2D eigenvalue weighted by molar-refractivity contribution is 6.30. The molecule has 0 aliphatic carbocycles. The summed E-state index contributed by atoms with van der Waals surface area (Å²) in [7, 11) is 0. The predicted octanol–water partition coefficient (Wildman–Crippen LogP) is 3.56. The van der Waals surface area contributed by atoms with Gasteiger partial charge in [-0.3, -0.25) is 0 Å². The lowest BCUT2D eigenvalue weighted by Crippen LogP contribution is -2.27. The Labute approximate surface area is 105 Å². The van der Waals surface area contributed by atoms with Crippen LogP contribution < -0.4 is 0 Å². The standard InChI is InChI=1S/C12H14Cl2O2/c13-7-1-6-12(15-8-9-16-12)10-2-4-11(14)5-3-10/h2-5H,1,6-9H2. The van der Waals surface area contributed by atoms with Gasteiger partial charge in [0.2, 0.25) is 0 Å². The van der Waals surface area contributed by atoms with Crippen LogP contribution in [0.2, 0.25) is 5.02 Å².